The van der Waals surface area contributed by atoms with Gasteiger partial charge < -0.3 is 0 Å². The summed E-state index contributed by atoms with van der Waals surface area (Å²) < 4.78 is 12.1. The van der Waals surface area contributed by atoms with Crippen molar-refractivity contribution in [2.45, 2.75) is 6.92 Å². The van der Waals surface area contributed by atoms with E-state index in [1.807, 2.05) is 6.07 Å². The van der Waals surface area contributed by atoms with E-state index in [0.717, 1.165) is 19.4 Å². The van der Waals surface area contributed by atoms with E-state index in [1.54, 1.807) is 6.92 Å². The van der Waals surface area contributed by atoms with Crippen molar-refractivity contribution in [3.63, 3.8) is 0 Å². The third kappa shape index (κ3) is 3.48. The first-order valence-electron chi connectivity index (χ1n) is 2.55. The van der Waals surface area contributed by atoms with Crippen LogP contribution in [0.4, 0.5) is 4.39 Å². The Labute approximate surface area is 70.3 Å². The average Bonchev–Trinajstić information content (AvgIpc) is 1.87. The van der Waals surface area contributed by atoms with Crippen LogP contribution in [0.1, 0.15) is 6.92 Å². The molecule has 0 heterocycles. The van der Waals surface area contributed by atoms with Crippen LogP contribution in [0, 0.1) is 11.3 Å². The van der Waals surface area contributed by atoms with Crippen molar-refractivity contribution in [1.82, 2.24) is 0 Å². The van der Waals surface area contributed by atoms with Crippen LogP contribution in [-0.4, -0.2) is 4.15 Å². The summed E-state index contributed by atoms with van der Waals surface area (Å²) in [6, 6.07) is 1.81. The second-order valence-corrected chi connectivity index (χ2v) is 3.03. The van der Waals surface area contributed by atoms with Gasteiger partial charge in [0.05, 0.1) is 0 Å². The third-order valence-electron chi connectivity index (χ3n) is 0.844. The number of rotatable bonds is 2. The van der Waals surface area contributed by atoms with Gasteiger partial charge in [0.25, 0.3) is 0 Å². The molecule has 0 aliphatic rings. The molecular formula is C7H6FNW. The molecule has 0 aromatic heterocycles. The monoisotopic (exact) mass is 307 g/mol. The first kappa shape index (κ1) is 9.46. The van der Waals surface area contributed by atoms with E-state index >= 15 is 0 Å². The molecule has 1 nitrogen and oxygen atoms in total. The quantitative estimate of drug-likeness (QED) is 0.562. The molecule has 0 bridgehead atoms. The minimum atomic E-state index is -0.198. The van der Waals surface area contributed by atoms with Gasteiger partial charge in [0.15, 0.2) is 0 Å². The van der Waals surface area contributed by atoms with Crippen LogP contribution >= 0.6 is 0 Å². The summed E-state index contributed by atoms with van der Waals surface area (Å²) in [5.41, 5.74) is 0.774. The van der Waals surface area contributed by atoms with Gasteiger partial charge in [-0.25, -0.2) is 0 Å². The zero-order chi connectivity index (χ0) is 8.15. The van der Waals surface area contributed by atoms with Crippen molar-refractivity contribution in [3.05, 3.63) is 23.8 Å². The molecule has 0 unspecified atom stereocenters. The zero-order valence-corrected chi connectivity index (χ0v) is 8.45. The Balaban J connectivity index is 4.35. The van der Waals surface area contributed by atoms with Crippen LogP contribution in [0.15, 0.2) is 23.8 Å². The van der Waals surface area contributed by atoms with Gasteiger partial charge in [0, 0.05) is 0 Å². The second-order valence-electron chi connectivity index (χ2n) is 1.74. The molecule has 0 rings (SSSR count). The predicted molar refractivity (Wildman–Crippen MR) is 34.6 cm³/mol. The number of allylic oxidation sites excluding steroid dienone is 3. The molecule has 3 heteroatoms. The van der Waals surface area contributed by atoms with Gasteiger partial charge >= 0.3 is 70.0 Å². The Morgan fingerprint density at radius 3 is 2.60 bits per heavy atom. The van der Waals surface area contributed by atoms with Crippen LogP contribution in [0.2, 0.25) is 0 Å². The predicted octanol–water partition coefficient (Wildman–Crippen LogP) is 1.66. The van der Waals surface area contributed by atoms with E-state index in [2.05, 4.69) is 6.58 Å². The van der Waals surface area contributed by atoms with Crippen molar-refractivity contribution in [2.75, 3.05) is 0 Å². The molecule has 0 aliphatic heterocycles. The van der Waals surface area contributed by atoms with E-state index in [-0.39, 0.29) is 9.72 Å². The van der Waals surface area contributed by atoms with Crippen molar-refractivity contribution in [2.24, 2.45) is 0 Å². The van der Waals surface area contributed by atoms with E-state index in [9.17, 15) is 4.39 Å². The molecular weight excluding hydrogens is 301 g/mol. The summed E-state index contributed by atoms with van der Waals surface area (Å²) in [5, 5.41) is 8.25. The normalized spacial score (nSPS) is 10.3. The summed E-state index contributed by atoms with van der Waals surface area (Å²) in [6.45, 7) is 5.00. The molecule has 0 atom stereocenters. The molecule has 0 aromatic rings. The van der Waals surface area contributed by atoms with Gasteiger partial charge in [-0.1, -0.05) is 0 Å². The summed E-state index contributed by atoms with van der Waals surface area (Å²) >= 11 is 0.773. The summed E-state index contributed by atoms with van der Waals surface area (Å²) in [6.07, 6.45) is 1.43. The molecule has 0 amide bonds. The maximum atomic E-state index is 12.3. The molecule has 0 saturated carbocycles. The Kier molecular flexibility index (Phi) is 4.07. The Morgan fingerprint density at radius 1 is 1.80 bits per heavy atom. The molecule has 0 radical (unpaired) electrons. The fourth-order valence-corrected chi connectivity index (χ4v) is 0.562. The van der Waals surface area contributed by atoms with Gasteiger partial charge in [0.2, 0.25) is 0 Å². The summed E-state index contributed by atoms with van der Waals surface area (Å²) in [5.74, 6) is 0. The average molecular weight is 307 g/mol. The van der Waals surface area contributed by atoms with Gasteiger partial charge in [-0.3, -0.25) is 0 Å². The molecule has 10 heavy (non-hydrogen) atoms. The summed E-state index contributed by atoms with van der Waals surface area (Å²) in [7, 11) is 0. The van der Waals surface area contributed by atoms with Crippen molar-refractivity contribution >= 4 is 4.15 Å². The van der Waals surface area contributed by atoms with Crippen LogP contribution in [0.5, 0.6) is 0 Å². The van der Waals surface area contributed by atoms with E-state index in [0.29, 0.717) is 5.57 Å². The summed E-state index contributed by atoms with van der Waals surface area (Å²) in [4.78, 5) is 0. The van der Waals surface area contributed by atoms with E-state index in [4.69, 9.17) is 5.26 Å². The Hall–Kier alpha value is -0.542. The second kappa shape index (κ2) is 4.30. The van der Waals surface area contributed by atoms with E-state index in [1.165, 1.54) is 6.08 Å². The molecule has 0 fully saturated rings. The maximum absolute atomic E-state index is 12.3. The first-order chi connectivity index (χ1) is 4.57. The number of nitriles is 1. The van der Waals surface area contributed by atoms with Crippen LogP contribution < -0.4 is 0 Å². The van der Waals surface area contributed by atoms with E-state index < -0.39 is 0 Å². The third-order valence-corrected chi connectivity index (χ3v) is 2.00. The van der Waals surface area contributed by atoms with Gasteiger partial charge in [-0.15, -0.1) is 0 Å². The first-order valence-corrected chi connectivity index (χ1v) is 4.01. The van der Waals surface area contributed by atoms with Gasteiger partial charge in [-0.05, 0) is 0 Å². The Bertz CT molecular complexity index is 234. The molecule has 0 aromatic carbocycles. The molecule has 0 N–H and O–H groups in total. The van der Waals surface area contributed by atoms with Crippen molar-refractivity contribution < 1.29 is 23.7 Å². The van der Waals surface area contributed by atoms with Crippen LogP contribution in [0.3, 0.4) is 0 Å². The molecule has 52 valence electrons. The minimum absolute atomic E-state index is 0.198. The number of hydrogen-bond donors (Lipinski definition) is 0. The fraction of sp³-hybridized carbons (Fsp3) is 0.143. The number of halogens is 1. The Morgan fingerprint density at radius 2 is 2.30 bits per heavy atom. The number of hydrogen-bond acceptors (Lipinski definition) is 1. The van der Waals surface area contributed by atoms with Gasteiger partial charge in [0.1, 0.15) is 0 Å². The SMILES string of the molecule is C=C(C#N)/C=C(/C)[C](F)=[W]. The molecule has 0 spiro atoms. The molecule has 0 aliphatic carbocycles. The van der Waals surface area contributed by atoms with Gasteiger partial charge in [-0.2, -0.15) is 0 Å². The standard InChI is InChI=1S/C7H6FN.W/c1-6(4-8)3-7(2)5-9;/h3H,2H2,1H3;/b6-3-;. The fourth-order valence-electron chi connectivity index (χ4n) is 0.350. The zero-order valence-electron chi connectivity index (χ0n) is 5.52. The van der Waals surface area contributed by atoms with Crippen LogP contribution in [0.25, 0.3) is 0 Å². The molecule has 0 saturated heterocycles. The van der Waals surface area contributed by atoms with Crippen molar-refractivity contribution in [3.8, 4) is 6.07 Å². The number of nitrogens with zero attached hydrogens (tertiary/aromatic N) is 1. The van der Waals surface area contributed by atoms with Crippen molar-refractivity contribution in [1.29, 1.82) is 5.26 Å². The van der Waals surface area contributed by atoms with Crippen LogP contribution in [-0.2, 0) is 19.4 Å². The topological polar surface area (TPSA) is 23.8 Å².